The highest BCUT2D eigenvalue weighted by molar-refractivity contribution is 5.36. The third-order valence-corrected chi connectivity index (χ3v) is 5.71. The predicted octanol–water partition coefficient (Wildman–Crippen LogP) is 4.44. The number of nitrogens with zero attached hydrogens (tertiary/aromatic N) is 1. The van der Waals surface area contributed by atoms with Crippen LogP contribution < -0.4 is 9.47 Å². The van der Waals surface area contributed by atoms with Crippen LogP contribution in [0.15, 0.2) is 48.5 Å². The van der Waals surface area contributed by atoms with Gasteiger partial charge in [0.05, 0.1) is 26.9 Å². The van der Waals surface area contributed by atoms with Crippen LogP contribution in [-0.4, -0.2) is 56.6 Å². The van der Waals surface area contributed by atoms with Gasteiger partial charge >= 0.3 is 0 Å². The molecular formula is C25H35NO4. The molecule has 1 N–H and O–H groups in total. The Hall–Kier alpha value is -2.08. The van der Waals surface area contributed by atoms with Crippen molar-refractivity contribution in [2.24, 2.45) is 0 Å². The molecule has 1 aliphatic heterocycles. The van der Waals surface area contributed by atoms with Crippen LogP contribution in [0.1, 0.15) is 49.3 Å². The van der Waals surface area contributed by atoms with Crippen molar-refractivity contribution in [1.29, 1.82) is 0 Å². The molecule has 2 aromatic rings. The fraction of sp³-hybridized carbons (Fsp3) is 0.520. The number of hydrogen-bond acceptors (Lipinski definition) is 5. The van der Waals surface area contributed by atoms with Gasteiger partial charge in [0.1, 0.15) is 17.6 Å². The quantitative estimate of drug-likeness (QED) is 0.659. The molecule has 1 fully saturated rings. The van der Waals surface area contributed by atoms with E-state index in [1.807, 2.05) is 48.5 Å². The summed E-state index contributed by atoms with van der Waals surface area (Å²) in [5, 5.41) is 10.7. The molecular weight excluding hydrogens is 378 g/mol. The molecule has 3 rings (SSSR count). The van der Waals surface area contributed by atoms with Gasteiger partial charge in [-0.05, 0) is 61.3 Å². The minimum Gasteiger partial charge on any atom is -0.497 e. The molecule has 0 bridgehead atoms. The summed E-state index contributed by atoms with van der Waals surface area (Å²) in [5.74, 6) is 1.62. The van der Waals surface area contributed by atoms with Crippen molar-refractivity contribution in [3.8, 4) is 11.5 Å². The highest BCUT2D eigenvalue weighted by atomic mass is 16.5. The lowest BCUT2D eigenvalue weighted by Crippen LogP contribution is -2.37. The van der Waals surface area contributed by atoms with Crippen LogP contribution in [0.5, 0.6) is 11.5 Å². The Balaban J connectivity index is 1.66. The van der Waals surface area contributed by atoms with E-state index in [0.29, 0.717) is 13.2 Å². The van der Waals surface area contributed by atoms with Crippen LogP contribution in [0.25, 0.3) is 0 Å². The van der Waals surface area contributed by atoms with Gasteiger partial charge in [0.15, 0.2) is 0 Å². The number of aliphatic hydroxyl groups excluding tert-OH is 1. The Morgan fingerprint density at radius 1 is 0.767 bits per heavy atom. The Morgan fingerprint density at radius 3 is 1.70 bits per heavy atom. The lowest BCUT2D eigenvalue weighted by molar-refractivity contribution is -0.00919. The van der Waals surface area contributed by atoms with Crippen molar-refractivity contribution < 1.29 is 19.3 Å². The molecule has 0 spiro atoms. The lowest BCUT2D eigenvalue weighted by atomic mass is 10.0. The van der Waals surface area contributed by atoms with Crippen molar-refractivity contribution in [2.75, 3.05) is 40.5 Å². The van der Waals surface area contributed by atoms with Crippen LogP contribution in [0.4, 0.5) is 0 Å². The van der Waals surface area contributed by atoms with E-state index in [0.717, 1.165) is 35.7 Å². The molecule has 5 nitrogen and oxygen atoms in total. The molecule has 0 unspecified atom stereocenters. The summed E-state index contributed by atoms with van der Waals surface area (Å²) >= 11 is 0. The molecule has 1 aliphatic rings. The maximum atomic E-state index is 10.7. The summed E-state index contributed by atoms with van der Waals surface area (Å²) in [4.78, 5) is 2.38. The van der Waals surface area contributed by atoms with Crippen molar-refractivity contribution in [3.63, 3.8) is 0 Å². The van der Waals surface area contributed by atoms with Gasteiger partial charge in [-0.25, -0.2) is 0 Å². The molecule has 0 radical (unpaired) electrons. The second-order valence-corrected chi connectivity index (χ2v) is 7.98. The molecule has 0 saturated carbocycles. The molecule has 0 amide bonds. The van der Waals surface area contributed by atoms with E-state index in [4.69, 9.17) is 14.2 Å². The van der Waals surface area contributed by atoms with Crippen molar-refractivity contribution in [1.82, 2.24) is 4.90 Å². The minimum absolute atomic E-state index is 0.260. The van der Waals surface area contributed by atoms with Gasteiger partial charge < -0.3 is 24.2 Å². The Kier molecular flexibility index (Phi) is 9.00. The fourth-order valence-electron chi connectivity index (χ4n) is 4.00. The zero-order valence-corrected chi connectivity index (χ0v) is 18.3. The Labute approximate surface area is 180 Å². The zero-order valence-electron chi connectivity index (χ0n) is 18.3. The van der Waals surface area contributed by atoms with Crippen molar-refractivity contribution >= 4 is 0 Å². The Morgan fingerprint density at radius 2 is 1.23 bits per heavy atom. The monoisotopic (exact) mass is 413 g/mol. The maximum Gasteiger partial charge on any atom is 0.118 e. The van der Waals surface area contributed by atoms with Gasteiger partial charge in [-0.2, -0.15) is 0 Å². The van der Waals surface area contributed by atoms with Gasteiger partial charge in [-0.3, -0.25) is 0 Å². The van der Waals surface area contributed by atoms with Crippen LogP contribution in [-0.2, 0) is 4.74 Å². The largest absolute Gasteiger partial charge is 0.497 e. The standard InChI is InChI=1S/C25H35NO4/c1-28-23-12-8-20(9-13-23)25(21-10-14-24(29-2)15-11-21)30-19-22(27)18-26-16-6-4-3-5-7-17-26/h8-15,22,25,27H,3-7,16-19H2,1-2H3/t22-/m0/s1. The molecule has 0 aromatic heterocycles. The first-order valence-corrected chi connectivity index (χ1v) is 11.0. The van der Waals surface area contributed by atoms with Gasteiger partial charge in [-0.1, -0.05) is 43.5 Å². The van der Waals surface area contributed by atoms with Crippen LogP contribution in [0.3, 0.4) is 0 Å². The van der Waals surface area contributed by atoms with Crippen molar-refractivity contribution in [3.05, 3.63) is 59.7 Å². The molecule has 5 heteroatoms. The fourth-order valence-corrected chi connectivity index (χ4v) is 4.00. The Bertz CT molecular complexity index is 676. The average molecular weight is 414 g/mol. The second-order valence-electron chi connectivity index (χ2n) is 7.98. The zero-order chi connectivity index (χ0) is 21.2. The highest BCUT2D eigenvalue weighted by Crippen LogP contribution is 2.29. The molecule has 0 aliphatic carbocycles. The van der Waals surface area contributed by atoms with Gasteiger partial charge in [0.25, 0.3) is 0 Å². The molecule has 1 saturated heterocycles. The van der Waals surface area contributed by atoms with Crippen LogP contribution >= 0.6 is 0 Å². The maximum absolute atomic E-state index is 10.7. The minimum atomic E-state index is -0.511. The third-order valence-electron chi connectivity index (χ3n) is 5.71. The molecule has 1 atom stereocenters. The third kappa shape index (κ3) is 6.73. The summed E-state index contributed by atoms with van der Waals surface area (Å²) < 4.78 is 16.8. The van der Waals surface area contributed by atoms with E-state index < -0.39 is 6.10 Å². The van der Waals surface area contributed by atoms with E-state index in [-0.39, 0.29) is 6.10 Å². The van der Waals surface area contributed by atoms with Gasteiger partial charge in [0.2, 0.25) is 0 Å². The van der Waals surface area contributed by atoms with E-state index in [2.05, 4.69) is 4.90 Å². The van der Waals surface area contributed by atoms with Crippen LogP contribution in [0.2, 0.25) is 0 Å². The van der Waals surface area contributed by atoms with Crippen molar-refractivity contribution in [2.45, 2.75) is 44.3 Å². The second kappa shape index (κ2) is 11.9. The number of ether oxygens (including phenoxy) is 3. The summed E-state index contributed by atoms with van der Waals surface area (Å²) in [6, 6.07) is 15.8. The van der Waals surface area contributed by atoms with Crippen LogP contribution in [0, 0.1) is 0 Å². The van der Waals surface area contributed by atoms with Gasteiger partial charge in [-0.15, -0.1) is 0 Å². The van der Waals surface area contributed by atoms with Gasteiger partial charge in [0, 0.05) is 6.54 Å². The number of likely N-dealkylation sites (tertiary alicyclic amines) is 1. The molecule has 30 heavy (non-hydrogen) atoms. The average Bonchev–Trinajstić information content (AvgIpc) is 2.76. The summed E-state index contributed by atoms with van der Waals surface area (Å²) in [6.45, 7) is 3.09. The molecule has 2 aromatic carbocycles. The SMILES string of the molecule is COc1ccc(C(OC[C@@H](O)CN2CCCCCCC2)c2ccc(OC)cc2)cc1. The van der Waals surface area contributed by atoms with E-state index in [1.54, 1.807) is 14.2 Å². The topological polar surface area (TPSA) is 51.2 Å². The molecule has 1 heterocycles. The summed E-state index contributed by atoms with van der Waals surface area (Å²) in [6.07, 6.45) is 5.58. The number of rotatable bonds is 9. The lowest BCUT2D eigenvalue weighted by Gasteiger charge is -2.28. The first-order valence-electron chi connectivity index (χ1n) is 11.0. The van der Waals surface area contributed by atoms with E-state index in [1.165, 1.54) is 32.1 Å². The number of benzene rings is 2. The number of hydrogen-bond donors (Lipinski definition) is 1. The number of methoxy groups -OCH3 is 2. The normalized spacial score (nSPS) is 16.7. The van der Waals surface area contributed by atoms with E-state index in [9.17, 15) is 5.11 Å². The number of aliphatic hydroxyl groups is 1. The smallest absolute Gasteiger partial charge is 0.118 e. The highest BCUT2D eigenvalue weighted by Gasteiger charge is 2.19. The van der Waals surface area contributed by atoms with E-state index >= 15 is 0 Å². The summed E-state index contributed by atoms with van der Waals surface area (Å²) in [7, 11) is 3.32. The number of β-amino-alcohol motifs (C(OH)–C–C–N with tert-alkyl or cyclic N) is 1. The predicted molar refractivity (Wildman–Crippen MR) is 119 cm³/mol. The molecule has 164 valence electrons. The first-order chi connectivity index (χ1) is 14.7. The first kappa shape index (κ1) is 22.6. The summed E-state index contributed by atoms with van der Waals surface area (Å²) in [5.41, 5.74) is 2.05.